The summed E-state index contributed by atoms with van der Waals surface area (Å²) in [6.07, 6.45) is 13.1. The normalized spacial score (nSPS) is 29.8. The summed E-state index contributed by atoms with van der Waals surface area (Å²) in [5.74, 6) is -0.919. The number of ether oxygens (including phenoxy) is 1. The SMILES string of the molecule is CC1CC(C)(C)CC2(C1)NC(=O)N(CC(=O)OCC(=O)N(C1CCCCC1)C1CCCCC1)C2=O. The van der Waals surface area contributed by atoms with E-state index in [1.807, 2.05) is 4.90 Å². The standard InChI is InChI=1S/C27H43N3O5/c1-19-14-26(2,3)18-27(15-19)24(33)29(25(34)28-27)16-23(32)35-17-22(31)30(20-10-6-4-7-11-20)21-12-8-5-9-13-21/h19-21H,4-18H2,1-3H3,(H,28,34). The van der Waals surface area contributed by atoms with E-state index in [1.54, 1.807) is 0 Å². The van der Waals surface area contributed by atoms with Gasteiger partial charge in [0.15, 0.2) is 6.61 Å². The van der Waals surface area contributed by atoms with Gasteiger partial charge in [-0.2, -0.15) is 0 Å². The van der Waals surface area contributed by atoms with Crippen LogP contribution in [0.4, 0.5) is 4.79 Å². The summed E-state index contributed by atoms with van der Waals surface area (Å²) in [6.45, 7) is 5.52. The molecular formula is C27H43N3O5. The molecule has 1 N–H and O–H groups in total. The second kappa shape index (κ2) is 10.5. The van der Waals surface area contributed by atoms with Gasteiger partial charge in [0.05, 0.1) is 0 Å². The monoisotopic (exact) mass is 489 g/mol. The summed E-state index contributed by atoms with van der Waals surface area (Å²) in [6, 6.07) is -0.102. The third-order valence-electron chi connectivity index (χ3n) is 8.49. The van der Waals surface area contributed by atoms with Gasteiger partial charge in [-0.15, -0.1) is 0 Å². The van der Waals surface area contributed by atoms with Crippen molar-refractivity contribution in [2.75, 3.05) is 13.2 Å². The zero-order valence-electron chi connectivity index (χ0n) is 21.8. The lowest BCUT2D eigenvalue weighted by atomic mass is 9.64. The molecule has 196 valence electrons. The zero-order valence-corrected chi connectivity index (χ0v) is 21.8. The van der Waals surface area contributed by atoms with Crippen LogP contribution in [0.5, 0.6) is 0 Å². The maximum Gasteiger partial charge on any atom is 0.326 e. The second-order valence-corrected chi connectivity index (χ2v) is 12.3. The lowest BCUT2D eigenvalue weighted by Crippen LogP contribution is -2.54. The molecule has 1 saturated heterocycles. The molecule has 4 aliphatic rings. The highest BCUT2D eigenvalue weighted by molar-refractivity contribution is 6.08. The summed E-state index contributed by atoms with van der Waals surface area (Å²) in [7, 11) is 0. The fourth-order valence-corrected chi connectivity index (χ4v) is 7.46. The zero-order chi connectivity index (χ0) is 25.2. The Morgan fingerprint density at radius 2 is 1.54 bits per heavy atom. The van der Waals surface area contributed by atoms with Crippen molar-refractivity contribution in [3.63, 3.8) is 0 Å². The molecule has 1 aliphatic heterocycles. The molecule has 0 aromatic rings. The number of amides is 4. The van der Waals surface area contributed by atoms with Crippen LogP contribution < -0.4 is 5.32 Å². The van der Waals surface area contributed by atoms with Crippen molar-refractivity contribution < 1.29 is 23.9 Å². The van der Waals surface area contributed by atoms with Crippen molar-refractivity contribution in [3.8, 4) is 0 Å². The minimum atomic E-state index is -0.951. The number of rotatable bonds is 6. The topological polar surface area (TPSA) is 96.0 Å². The highest BCUT2D eigenvalue weighted by Gasteiger charge is 2.56. The minimum Gasteiger partial charge on any atom is -0.454 e. The number of hydrogen-bond donors (Lipinski definition) is 1. The summed E-state index contributed by atoms with van der Waals surface area (Å²) in [5.41, 5.74) is -1.03. The quantitative estimate of drug-likeness (QED) is 0.446. The van der Waals surface area contributed by atoms with E-state index in [2.05, 4.69) is 26.1 Å². The Balaban J connectivity index is 1.35. The Labute approximate surface area is 209 Å². The van der Waals surface area contributed by atoms with Crippen LogP contribution >= 0.6 is 0 Å². The van der Waals surface area contributed by atoms with Crippen LogP contribution in [0, 0.1) is 11.3 Å². The van der Waals surface area contributed by atoms with E-state index in [0.717, 1.165) is 62.7 Å². The van der Waals surface area contributed by atoms with E-state index >= 15 is 0 Å². The Hall–Kier alpha value is -2.12. The van der Waals surface area contributed by atoms with E-state index in [4.69, 9.17) is 4.74 Å². The maximum absolute atomic E-state index is 13.3. The molecule has 0 aromatic heterocycles. The van der Waals surface area contributed by atoms with Crippen molar-refractivity contribution in [2.45, 2.75) is 122 Å². The Bertz CT molecular complexity index is 813. The van der Waals surface area contributed by atoms with Crippen LogP contribution in [-0.4, -0.2) is 64.4 Å². The molecule has 8 heteroatoms. The smallest absolute Gasteiger partial charge is 0.326 e. The lowest BCUT2D eigenvalue weighted by Gasteiger charge is -2.43. The summed E-state index contributed by atoms with van der Waals surface area (Å²) < 4.78 is 5.36. The number of nitrogens with one attached hydrogen (secondary N) is 1. The highest BCUT2D eigenvalue weighted by Crippen LogP contribution is 2.46. The lowest BCUT2D eigenvalue weighted by molar-refractivity contribution is -0.156. The number of carbonyl (C=O) groups excluding carboxylic acids is 4. The number of esters is 1. The molecule has 4 fully saturated rings. The first-order chi connectivity index (χ1) is 16.6. The van der Waals surface area contributed by atoms with Gasteiger partial charge in [-0.1, -0.05) is 59.3 Å². The average molecular weight is 490 g/mol. The van der Waals surface area contributed by atoms with Gasteiger partial charge in [-0.25, -0.2) is 4.79 Å². The first kappa shape index (κ1) is 26.0. The molecule has 3 aliphatic carbocycles. The Morgan fingerprint density at radius 1 is 0.971 bits per heavy atom. The van der Waals surface area contributed by atoms with E-state index in [9.17, 15) is 19.2 Å². The Morgan fingerprint density at radius 3 is 2.09 bits per heavy atom. The first-order valence-corrected chi connectivity index (χ1v) is 13.7. The van der Waals surface area contributed by atoms with Gasteiger partial charge < -0.3 is 15.0 Å². The second-order valence-electron chi connectivity index (χ2n) is 12.3. The van der Waals surface area contributed by atoms with Crippen molar-refractivity contribution in [3.05, 3.63) is 0 Å². The average Bonchev–Trinajstić information content (AvgIpc) is 3.01. The highest BCUT2D eigenvalue weighted by atomic mass is 16.5. The maximum atomic E-state index is 13.3. The van der Waals surface area contributed by atoms with Gasteiger partial charge in [-0.05, 0) is 56.3 Å². The molecule has 1 spiro atoms. The number of carbonyl (C=O) groups is 4. The molecule has 0 radical (unpaired) electrons. The van der Waals surface area contributed by atoms with Crippen molar-refractivity contribution in [2.24, 2.45) is 11.3 Å². The predicted molar refractivity (Wildman–Crippen MR) is 131 cm³/mol. The molecular weight excluding hydrogens is 446 g/mol. The van der Waals surface area contributed by atoms with Crippen molar-refractivity contribution >= 4 is 23.8 Å². The number of nitrogens with zero attached hydrogens (tertiary/aromatic N) is 2. The van der Waals surface area contributed by atoms with Gasteiger partial charge in [-0.3, -0.25) is 19.3 Å². The van der Waals surface area contributed by atoms with Crippen molar-refractivity contribution in [1.29, 1.82) is 0 Å². The van der Waals surface area contributed by atoms with Gasteiger partial charge in [0, 0.05) is 12.1 Å². The van der Waals surface area contributed by atoms with Crippen LogP contribution in [0.25, 0.3) is 0 Å². The van der Waals surface area contributed by atoms with Crippen LogP contribution in [0.2, 0.25) is 0 Å². The number of urea groups is 1. The van der Waals surface area contributed by atoms with Gasteiger partial charge in [0.25, 0.3) is 11.8 Å². The summed E-state index contributed by atoms with van der Waals surface area (Å²) in [4.78, 5) is 54.9. The number of imide groups is 1. The molecule has 4 amide bonds. The number of hydrogen-bond acceptors (Lipinski definition) is 5. The predicted octanol–water partition coefficient (Wildman–Crippen LogP) is 4.16. The van der Waals surface area contributed by atoms with Crippen LogP contribution in [0.1, 0.15) is 104 Å². The molecule has 4 rings (SSSR count). The third kappa shape index (κ3) is 5.83. The van der Waals surface area contributed by atoms with E-state index < -0.39 is 24.1 Å². The molecule has 2 unspecified atom stereocenters. The van der Waals surface area contributed by atoms with E-state index in [-0.39, 0.29) is 41.8 Å². The van der Waals surface area contributed by atoms with Crippen molar-refractivity contribution in [1.82, 2.24) is 15.1 Å². The van der Waals surface area contributed by atoms with E-state index in [0.29, 0.717) is 12.8 Å². The third-order valence-corrected chi connectivity index (χ3v) is 8.49. The fourth-order valence-electron chi connectivity index (χ4n) is 7.46. The largest absolute Gasteiger partial charge is 0.454 e. The van der Waals surface area contributed by atoms with Gasteiger partial charge in [0.1, 0.15) is 12.1 Å². The van der Waals surface area contributed by atoms with Gasteiger partial charge >= 0.3 is 12.0 Å². The van der Waals surface area contributed by atoms with Gasteiger partial charge in [0.2, 0.25) is 0 Å². The van der Waals surface area contributed by atoms with E-state index in [1.165, 1.54) is 12.8 Å². The molecule has 8 nitrogen and oxygen atoms in total. The minimum absolute atomic E-state index is 0.0781. The molecule has 0 bridgehead atoms. The molecule has 1 heterocycles. The first-order valence-electron chi connectivity index (χ1n) is 13.7. The fraction of sp³-hybridized carbons (Fsp3) is 0.852. The molecule has 0 aromatic carbocycles. The van der Waals surface area contributed by atoms with Crippen LogP contribution in [0.3, 0.4) is 0 Å². The molecule has 35 heavy (non-hydrogen) atoms. The molecule has 2 atom stereocenters. The summed E-state index contributed by atoms with van der Waals surface area (Å²) >= 11 is 0. The van der Waals surface area contributed by atoms with Crippen LogP contribution in [0.15, 0.2) is 0 Å². The van der Waals surface area contributed by atoms with Crippen LogP contribution in [-0.2, 0) is 19.1 Å². The Kier molecular flexibility index (Phi) is 7.77. The molecule has 3 saturated carbocycles. The summed E-state index contributed by atoms with van der Waals surface area (Å²) in [5, 5.41) is 2.88.